The van der Waals surface area contributed by atoms with Gasteiger partial charge in [-0.3, -0.25) is 4.79 Å². The fourth-order valence-corrected chi connectivity index (χ4v) is 2.14. The quantitative estimate of drug-likeness (QED) is 0.684. The van der Waals surface area contributed by atoms with Gasteiger partial charge in [-0.25, -0.2) is 4.79 Å². The number of carboxylic acids is 1. The number of amides is 1. The molecule has 1 aromatic heterocycles. The molecule has 1 aromatic carbocycles. The van der Waals surface area contributed by atoms with Crippen molar-refractivity contribution in [1.29, 1.82) is 0 Å². The lowest BCUT2D eigenvalue weighted by Crippen LogP contribution is -2.40. The van der Waals surface area contributed by atoms with E-state index < -0.39 is 17.9 Å². The van der Waals surface area contributed by atoms with E-state index in [9.17, 15) is 9.59 Å². The number of carbonyl (C=O) groups excluding carboxylic acids is 1. The maximum absolute atomic E-state index is 12.2. The van der Waals surface area contributed by atoms with Gasteiger partial charge in [-0.1, -0.05) is 6.08 Å². The monoisotopic (exact) mass is 302 g/mol. The minimum atomic E-state index is -1.06. The maximum Gasteiger partial charge on any atom is 0.326 e. The van der Waals surface area contributed by atoms with Crippen LogP contribution < -0.4 is 10.1 Å². The molecule has 2 aromatic rings. The number of benzene rings is 1. The molecular formula is C16H18N2O4. The van der Waals surface area contributed by atoms with Gasteiger partial charge in [0.25, 0.3) is 5.91 Å². The van der Waals surface area contributed by atoms with Gasteiger partial charge in [0, 0.05) is 10.9 Å². The number of H-pyrrole nitrogens is 1. The second-order valence-electron chi connectivity index (χ2n) is 4.87. The lowest BCUT2D eigenvalue weighted by Gasteiger charge is -2.12. The standard InChI is InChI=1S/C16H18N2O4/c1-3-4-5-13(16(20)21)18-15(19)14-9-10-8-11(22-2)6-7-12(10)17-14/h3,6-9,13,17H,1,4-5H2,2H3,(H,18,19)(H,20,21). The predicted molar refractivity (Wildman–Crippen MR) is 83.2 cm³/mol. The highest BCUT2D eigenvalue weighted by Gasteiger charge is 2.20. The first-order valence-corrected chi connectivity index (χ1v) is 6.86. The number of nitrogens with one attached hydrogen (secondary N) is 2. The van der Waals surface area contributed by atoms with Crippen molar-refractivity contribution >= 4 is 22.8 Å². The molecule has 3 N–H and O–H groups in total. The van der Waals surface area contributed by atoms with Crippen molar-refractivity contribution in [2.75, 3.05) is 7.11 Å². The van der Waals surface area contributed by atoms with Crippen molar-refractivity contribution in [2.24, 2.45) is 0 Å². The Kier molecular flexibility index (Phi) is 4.83. The molecule has 116 valence electrons. The second-order valence-corrected chi connectivity index (χ2v) is 4.87. The Morgan fingerprint density at radius 1 is 1.45 bits per heavy atom. The van der Waals surface area contributed by atoms with Crippen LogP contribution in [0.3, 0.4) is 0 Å². The topological polar surface area (TPSA) is 91.4 Å². The van der Waals surface area contributed by atoms with Gasteiger partial charge in [0.05, 0.1) is 7.11 Å². The van der Waals surface area contributed by atoms with Gasteiger partial charge in [0.1, 0.15) is 17.5 Å². The molecule has 0 fully saturated rings. The highest BCUT2D eigenvalue weighted by molar-refractivity contribution is 5.99. The van der Waals surface area contributed by atoms with E-state index in [1.807, 2.05) is 0 Å². The smallest absolute Gasteiger partial charge is 0.326 e. The Balaban J connectivity index is 2.17. The average Bonchev–Trinajstić information content (AvgIpc) is 2.93. The fraction of sp³-hybridized carbons (Fsp3) is 0.250. The molecule has 0 aliphatic carbocycles. The van der Waals surface area contributed by atoms with Gasteiger partial charge in [0.15, 0.2) is 0 Å². The van der Waals surface area contributed by atoms with E-state index in [1.165, 1.54) is 0 Å². The Hall–Kier alpha value is -2.76. The summed E-state index contributed by atoms with van der Waals surface area (Å²) in [5, 5.41) is 12.5. The van der Waals surface area contributed by atoms with Crippen molar-refractivity contribution < 1.29 is 19.4 Å². The van der Waals surface area contributed by atoms with Crippen molar-refractivity contribution in [2.45, 2.75) is 18.9 Å². The van der Waals surface area contributed by atoms with E-state index in [4.69, 9.17) is 9.84 Å². The van der Waals surface area contributed by atoms with Crippen LogP contribution in [0.15, 0.2) is 36.9 Å². The predicted octanol–water partition coefficient (Wildman–Crippen LogP) is 2.33. The Labute approximate surface area is 127 Å². The van der Waals surface area contributed by atoms with Crippen LogP contribution in [-0.4, -0.2) is 35.1 Å². The number of fused-ring (bicyclic) bond motifs is 1. The number of aromatic nitrogens is 1. The van der Waals surface area contributed by atoms with Crippen LogP contribution in [-0.2, 0) is 4.79 Å². The molecule has 6 nitrogen and oxygen atoms in total. The summed E-state index contributed by atoms with van der Waals surface area (Å²) in [6.45, 7) is 3.55. The Morgan fingerprint density at radius 3 is 2.86 bits per heavy atom. The van der Waals surface area contributed by atoms with Crippen LogP contribution in [0.4, 0.5) is 0 Å². The summed E-state index contributed by atoms with van der Waals surface area (Å²) >= 11 is 0. The number of carbonyl (C=O) groups is 2. The molecule has 0 saturated heterocycles. The van der Waals surface area contributed by atoms with Crippen LogP contribution in [0.5, 0.6) is 5.75 Å². The van der Waals surface area contributed by atoms with Crippen molar-refractivity contribution in [3.8, 4) is 5.75 Å². The zero-order valence-electron chi connectivity index (χ0n) is 12.3. The second kappa shape index (κ2) is 6.80. The first kappa shape index (κ1) is 15.6. The molecule has 1 unspecified atom stereocenters. The SMILES string of the molecule is C=CCCC(NC(=O)c1cc2cc(OC)ccc2[nH]1)C(=O)O. The summed E-state index contributed by atoms with van der Waals surface area (Å²) in [5.74, 6) is -0.826. The van der Waals surface area contributed by atoms with Gasteiger partial charge in [-0.2, -0.15) is 0 Å². The number of ether oxygens (including phenoxy) is 1. The molecule has 1 atom stereocenters. The van der Waals surface area contributed by atoms with Gasteiger partial charge in [-0.05, 0) is 37.1 Å². The Morgan fingerprint density at radius 2 is 2.23 bits per heavy atom. The van der Waals surface area contributed by atoms with Crippen molar-refractivity contribution in [1.82, 2.24) is 10.3 Å². The van der Waals surface area contributed by atoms with Crippen LogP contribution in [0.1, 0.15) is 23.3 Å². The molecule has 6 heteroatoms. The molecule has 0 radical (unpaired) electrons. The third-order valence-corrected chi connectivity index (χ3v) is 3.34. The number of hydrogen-bond donors (Lipinski definition) is 3. The highest BCUT2D eigenvalue weighted by Crippen LogP contribution is 2.21. The van der Waals surface area contributed by atoms with Crippen LogP contribution in [0.2, 0.25) is 0 Å². The van der Waals surface area contributed by atoms with E-state index in [0.29, 0.717) is 24.3 Å². The van der Waals surface area contributed by atoms with Crippen LogP contribution in [0.25, 0.3) is 10.9 Å². The molecule has 1 amide bonds. The number of methoxy groups -OCH3 is 1. The number of aliphatic carboxylic acids is 1. The third kappa shape index (κ3) is 3.46. The van der Waals surface area contributed by atoms with Crippen LogP contribution >= 0.6 is 0 Å². The van der Waals surface area contributed by atoms with Crippen LogP contribution in [0, 0.1) is 0 Å². The normalized spacial score (nSPS) is 11.9. The molecule has 1 heterocycles. The Bertz CT molecular complexity index is 705. The lowest BCUT2D eigenvalue weighted by atomic mass is 10.1. The number of carboxylic acid groups (broad SMARTS) is 1. The molecule has 0 spiro atoms. The molecule has 0 bridgehead atoms. The first-order chi connectivity index (χ1) is 10.5. The number of aromatic amines is 1. The first-order valence-electron chi connectivity index (χ1n) is 6.86. The van der Waals surface area contributed by atoms with Gasteiger partial charge < -0.3 is 20.1 Å². The number of hydrogen-bond acceptors (Lipinski definition) is 3. The molecular weight excluding hydrogens is 284 g/mol. The van der Waals surface area contributed by atoms with Gasteiger partial charge in [-0.15, -0.1) is 6.58 Å². The zero-order chi connectivity index (χ0) is 16.1. The summed E-state index contributed by atoms with van der Waals surface area (Å²) in [6.07, 6.45) is 2.44. The van der Waals surface area contributed by atoms with Gasteiger partial charge in [0.2, 0.25) is 0 Å². The fourth-order valence-electron chi connectivity index (χ4n) is 2.14. The van der Waals surface area contributed by atoms with E-state index in [-0.39, 0.29) is 0 Å². The zero-order valence-corrected chi connectivity index (χ0v) is 12.3. The van der Waals surface area contributed by atoms with Crippen molar-refractivity contribution in [3.05, 3.63) is 42.6 Å². The molecule has 0 saturated carbocycles. The summed E-state index contributed by atoms with van der Waals surface area (Å²) < 4.78 is 5.13. The van der Waals surface area contributed by atoms with E-state index in [0.717, 1.165) is 10.9 Å². The minimum absolute atomic E-state index is 0.304. The van der Waals surface area contributed by atoms with Gasteiger partial charge >= 0.3 is 5.97 Å². The summed E-state index contributed by atoms with van der Waals surface area (Å²) in [5.41, 5.74) is 1.09. The average molecular weight is 302 g/mol. The van der Waals surface area contributed by atoms with E-state index >= 15 is 0 Å². The largest absolute Gasteiger partial charge is 0.497 e. The molecule has 22 heavy (non-hydrogen) atoms. The van der Waals surface area contributed by atoms with Crippen molar-refractivity contribution in [3.63, 3.8) is 0 Å². The summed E-state index contributed by atoms with van der Waals surface area (Å²) in [7, 11) is 1.57. The summed E-state index contributed by atoms with van der Waals surface area (Å²) in [6, 6.07) is 6.11. The lowest BCUT2D eigenvalue weighted by molar-refractivity contribution is -0.139. The molecule has 0 aliphatic rings. The minimum Gasteiger partial charge on any atom is -0.497 e. The molecule has 2 rings (SSSR count). The summed E-state index contributed by atoms with van der Waals surface area (Å²) in [4.78, 5) is 26.3. The number of allylic oxidation sites excluding steroid dienone is 1. The third-order valence-electron chi connectivity index (χ3n) is 3.34. The van der Waals surface area contributed by atoms with E-state index in [2.05, 4.69) is 16.9 Å². The number of rotatable bonds is 7. The molecule has 0 aliphatic heterocycles. The highest BCUT2D eigenvalue weighted by atomic mass is 16.5. The van der Waals surface area contributed by atoms with E-state index in [1.54, 1.807) is 37.5 Å². The maximum atomic E-state index is 12.2.